The molecule has 4 saturated carbocycles. The van der Waals surface area contributed by atoms with Crippen LogP contribution in [0.3, 0.4) is 0 Å². The zero-order chi connectivity index (χ0) is 31.5. The van der Waals surface area contributed by atoms with E-state index in [0.29, 0.717) is 24.2 Å². The molecule has 15 atom stereocenters. The average molecular weight is 603 g/mol. The predicted molar refractivity (Wildman–Crippen MR) is 164 cm³/mol. The Morgan fingerprint density at radius 2 is 1.56 bits per heavy atom. The second-order valence-electron chi connectivity index (χ2n) is 17.3. The van der Waals surface area contributed by atoms with Crippen LogP contribution in [0.15, 0.2) is 11.6 Å². The third kappa shape index (κ3) is 4.10. The fourth-order valence-corrected chi connectivity index (χ4v) is 12.5. The minimum absolute atomic E-state index is 0.0165. The summed E-state index contributed by atoms with van der Waals surface area (Å²) in [5.41, 5.74) is 0.746. The third-order valence-corrected chi connectivity index (χ3v) is 15.6. The Hall–Kier alpha value is -0.830. The Bertz CT molecular complexity index is 1150. The third-order valence-electron chi connectivity index (χ3n) is 15.6. The van der Waals surface area contributed by atoms with E-state index in [1.807, 2.05) is 0 Å². The summed E-state index contributed by atoms with van der Waals surface area (Å²) < 4.78 is 5.92. The summed E-state index contributed by atoms with van der Waals surface area (Å²) in [7, 11) is 0. The van der Waals surface area contributed by atoms with Gasteiger partial charge in [-0.2, -0.15) is 0 Å². The van der Waals surface area contributed by atoms with Crippen molar-refractivity contribution < 1.29 is 35.1 Å². The van der Waals surface area contributed by atoms with Gasteiger partial charge in [-0.15, -0.1) is 0 Å². The summed E-state index contributed by atoms with van der Waals surface area (Å²) in [5, 5.41) is 52.9. The molecule has 5 unspecified atom stereocenters. The first-order valence-corrected chi connectivity index (χ1v) is 17.2. The molecular formula is C36H58O7. The standard InChI is InChI=1S/C36H58O7/c1-19-10-15-36(31(42)30-29(41)28(40)27(39)22(18-37)43-30)17-16-34(6)21(26(36)20(19)2)8-9-24-33(5)13-12-25(38)32(3,4)23(33)11-14-35(24,34)7/h8,19-20,22-30,37-41H,9-18H2,1-7H3/t19-,20+,22?,23?,24?,25+,26?,27-,28+,29?,30-,33+,34-,35-,36+/m1/s1. The van der Waals surface area contributed by atoms with Crippen molar-refractivity contribution in [2.45, 2.75) is 143 Å². The van der Waals surface area contributed by atoms with Crippen molar-refractivity contribution in [3.05, 3.63) is 11.6 Å². The monoisotopic (exact) mass is 602 g/mol. The van der Waals surface area contributed by atoms with E-state index in [0.717, 1.165) is 51.4 Å². The number of aliphatic hydroxyl groups excluding tert-OH is 5. The second kappa shape index (κ2) is 10.3. The zero-order valence-corrected chi connectivity index (χ0v) is 27.6. The lowest BCUT2D eigenvalue weighted by atomic mass is 9.33. The van der Waals surface area contributed by atoms with Crippen LogP contribution in [-0.2, 0) is 9.53 Å². The Morgan fingerprint density at radius 3 is 2.23 bits per heavy atom. The van der Waals surface area contributed by atoms with E-state index in [9.17, 15) is 30.3 Å². The lowest BCUT2D eigenvalue weighted by Crippen LogP contribution is -2.67. The number of ketones is 1. The molecule has 6 aliphatic rings. The molecule has 0 radical (unpaired) electrons. The van der Waals surface area contributed by atoms with Gasteiger partial charge in [-0.25, -0.2) is 0 Å². The highest BCUT2D eigenvalue weighted by molar-refractivity contribution is 5.91. The van der Waals surface area contributed by atoms with Gasteiger partial charge in [-0.1, -0.05) is 60.1 Å². The summed E-state index contributed by atoms with van der Waals surface area (Å²) >= 11 is 0. The molecule has 5 aliphatic carbocycles. The van der Waals surface area contributed by atoms with Crippen molar-refractivity contribution in [3.8, 4) is 0 Å². The number of Topliss-reactive ketones (excluding diaryl/α,β-unsaturated/α-hetero) is 1. The number of carbonyl (C=O) groups excluding carboxylic acids is 1. The molecule has 7 nitrogen and oxygen atoms in total. The maximum Gasteiger partial charge on any atom is 0.171 e. The lowest BCUT2D eigenvalue weighted by Gasteiger charge is -2.71. The van der Waals surface area contributed by atoms with Gasteiger partial charge >= 0.3 is 0 Å². The molecule has 0 amide bonds. The highest BCUT2D eigenvalue weighted by atomic mass is 16.5. The average Bonchev–Trinajstić information content (AvgIpc) is 2.96. The minimum Gasteiger partial charge on any atom is -0.394 e. The van der Waals surface area contributed by atoms with Gasteiger partial charge in [0.2, 0.25) is 0 Å². The van der Waals surface area contributed by atoms with E-state index in [1.165, 1.54) is 5.57 Å². The molecular weight excluding hydrogens is 544 g/mol. The van der Waals surface area contributed by atoms with E-state index in [2.05, 4.69) is 54.5 Å². The van der Waals surface area contributed by atoms with Crippen LogP contribution in [-0.4, -0.2) is 74.5 Å². The molecule has 1 saturated heterocycles. The molecule has 6 rings (SSSR count). The lowest BCUT2D eigenvalue weighted by molar-refractivity contribution is -0.234. The molecule has 0 spiro atoms. The molecule has 0 aromatic rings. The summed E-state index contributed by atoms with van der Waals surface area (Å²) in [5.74, 6) is 1.55. The van der Waals surface area contributed by atoms with Crippen molar-refractivity contribution >= 4 is 5.78 Å². The van der Waals surface area contributed by atoms with Crippen LogP contribution in [0.4, 0.5) is 0 Å². The number of hydrogen-bond acceptors (Lipinski definition) is 7. The van der Waals surface area contributed by atoms with Gasteiger partial charge in [0.05, 0.1) is 12.7 Å². The van der Waals surface area contributed by atoms with Crippen LogP contribution < -0.4 is 0 Å². The number of allylic oxidation sites excluding steroid dienone is 2. The van der Waals surface area contributed by atoms with Crippen LogP contribution >= 0.6 is 0 Å². The van der Waals surface area contributed by atoms with Gasteiger partial charge < -0.3 is 30.3 Å². The fraction of sp³-hybridized carbons (Fsp3) is 0.917. The van der Waals surface area contributed by atoms with Gasteiger partial charge in [-0.05, 0) is 109 Å². The second-order valence-corrected chi connectivity index (χ2v) is 17.3. The fourth-order valence-electron chi connectivity index (χ4n) is 12.5. The quantitative estimate of drug-likeness (QED) is 0.303. The van der Waals surface area contributed by atoms with Crippen molar-refractivity contribution in [2.75, 3.05) is 6.61 Å². The van der Waals surface area contributed by atoms with Crippen LogP contribution in [0.5, 0.6) is 0 Å². The number of ether oxygens (including phenoxy) is 1. The summed E-state index contributed by atoms with van der Waals surface area (Å²) in [6, 6.07) is 0. The van der Waals surface area contributed by atoms with Crippen molar-refractivity contribution in [2.24, 2.45) is 56.7 Å². The minimum atomic E-state index is -1.55. The summed E-state index contributed by atoms with van der Waals surface area (Å²) in [6.07, 6.45) is 3.71. The molecule has 0 aromatic heterocycles. The number of carbonyl (C=O) groups is 1. The maximum atomic E-state index is 14.8. The predicted octanol–water partition coefficient (Wildman–Crippen LogP) is 4.42. The summed E-state index contributed by atoms with van der Waals surface area (Å²) in [6.45, 7) is 16.1. The molecule has 5 fully saturated rings. The van der Waals surface area contributed by atoms with E-state index >= 15 is 0 Å². The Kier molecular flexibility index (Phi) is 7.72. The highest BCUT2D eigenvalue weighted by Gasteiger charge is 2.70. The molecule has 5 N–H and O–H groups in total. The number of rotatable bonds is 3. The van der Waals surface area contributed by atoms with Gasteiger partial charge in [0.25, 0.3) is 0 Å². The normalized spacial score (nSPS) is 56.1. The zero-order valence-electron chi connectivity index (χ0n) is 27.6. The molecule has 1 aliphatic heterocycles. The van der Waals surface area contributed by atoms with Gasteiger partial charge in [0.15, 0.2) is 5.78 Å². The molecule has 7 heteroatoms. The highest BCUT2D eigenvalue weighted by Crippen LogP contribution is 2.76. The first-order valence-electron chi connectivity index (χ1n) is 17.2. The van der Waals surface area contributed by atoms with Crippen LogP contribution in [0.1, 0.15) is 106 Å². The Morgan fingerprint density at radius 1 is 0.860 bits per heavy atom. The van der Waals surface area contributed by atoms with E-state index in [1.54, 1.807) is 0 Å². The van der Waals surface area contributed by atoms with Gasteiger partial charge in [-0.3, -0.25) is 4.79 Å². The van der Waals surface area contributed by atoms with E-state index < -0.39 is 42.5 Å². The number of hydrogen-bond donors (Lipinski definition) is 5. The molecule has 0 aromatic carbocycles. The van der Waals surface area contributed by atoms with E-state index in [-0.39, 0.29) is 45.4 Å². The molecule has 0 bridgehead atoms. The largest absolute Gasteiger partial charge is 0.394 e. The van der Waals surface area contributed by atoms with Crippen LogP contribution in [0.25, 0.3) is 0 Å². The van der Waals surface area contributed by atoms with Gasteiger partial charge in [0, 0.05) is 5.41 Å². The first-order chi connectivity index (χ1) is 20.0. The molecule has 1 heterocycles. The topological polar surface area (TPSA) is 127 Å². The molecule has 244 valence electrons. The first kappa shape index (κ1) is 32.1. The number of aliphatic hydroxyl groups is 5. The van der Waals surface area contributed by atoms with Crippen LogP contribution in [0.2, 0.25) is 0 Å². The summed E-state index contributed by atoms with van der Waals surface area (Å²) in [4.78, 5) is 14.8. The Balaban J connectivity index is 1.41. The van der Waals surface area contributed by atoms with E-state index in [4.69, 9.17) is 4.74 Å². The Labute approximate surface area is 258 Å². The van der Waals surface area contributed by atoms with Crippen molar-refractivity contribution in [3.63, 3.8) is 0 Å². The SMILES string of the molecule is C[C@@H]1CC[C@]2(C(=O)[C@@H]3OC(CO)[C@@H](O)[C@H](O)C3O)CC[C@]3(C)C(=CCC4[C@@]5(C)CC[C@H](O)C(C)(C)C5CC[C@]43C)C2[C@H]1C. The van der Waals surface area contributed by atoms with Crippen molar-refractivity contribution in [1.82, 2.24) is 0 Å². The maximum absolute atomic E-state index is 14.8. The van der Waals surface area contributed by atoms with Gasteiger partial charge in [0.1, 0.15) is 30.5 Å². The smallest absolute Gasteiger partial charge is 0.171 e. The van der Waals surface area contributed by atoms with Crippen molar-refractivity contribution in [1.29, 1.82) is 0 Å². The van der Waals surface area contributed by atoms with Crippen LogP contribution in [0, 0.1) is 56.7 Å². The molecule has 43 heavy (non-hydrogen) atoms. The number of fused-ring (bicyclic) bond motifs is 7.